The van der Waals surface area contributed by atoms with E-state index >= 15 is 0 Å². The highest BCUT2D eigenvalue weighted by Crippen LogP contribution is 2.43. The number of hydrogen-bond donors (Lipinski definition) is 0. The van der Waals surface area contributed by atoms with E-state index in [1.54, 1.807) is 42.1 Å². The molecule has 1 atom stereocenters. The van der Waals surface area contributed by atoms with Crippen molar-refractivity contribution in [1.29, 1.82) is 0 Å². The molecule has 21 heavy (non-hydrogen) atoms. The molecule has 0 saturated carbocycles. The van der Waals surface area contributed by atoms with E-state index in [2.05, 4.69) is 0 Å². The van der Waals surface area contributed by atoms with Gasteiger partial charge in [0.25, 0.3) is 0 Å². The first-order valence-corrected chi connectivity index (χ1v) is 9.40. The third kappa shape index (κ3) is 2.83. The van der Waals surface area contributed by atoms with Crippen LogP contribution in [0.25, 0.3) is 0 Å². The summed E-state index contributed by atoms with van der Waals surface area (Å²) in [5, 5.41) is 0.342. The van der Waals surface area contributed by atoms with E-state index in [0.717, 1.165) is 11.3 Å². The van der Waals surface area contributed by atoms with Crippen LogP contribution in [0.3, 0.4) is 0 Å². The molecule has 1 heterocycles. The minimum atomic E-state index is -3.50. The lowest BCUT2D eigenvalue weighted by molar-refractivity contribution is 0.434. The van der Waals surface area contributed by atoms with E-state index in [9.17, 15) is 8.42 Å². The first-order chi connectivity index (χ1) is 10.1. The molecule has 6 heteroatoms. The van der Waals surface area contributed by atoms with Gasteiger partial charge in [-0.3, -0.25) is 0 Å². The van der Waals surface area contributed by atoms with E-state index in [1.807, 2.05) is 24.3 Å². The molecule has 0 spiro atoms. The SMILES string of the molecule is O=S(=O)(c1ccccc1)N1CCS[C@H]1c1ccccc1Cl. The summed E-state index contributed by atoms with van der Waals surface area (Å²) < 4.78 is 27.1. The standard InChI is InChI=1S/C15H14ClNO2S2/c16-14-9-5-4-8-13(14)15-17(10-11-20-15)21(18,19)12-6-2-1-3-7-12/h1-9,15H,10-11H2/t15-/m0/s1. The second kappa shape index (κ2) is 6.01. The number of nitrogens with zero attached hydrogens (tertiary/aromatic N) is 1. The minimum Gasteiger partial charge on any atom is -0.207 e. The van der Waals surface area contributed by atoms with Crippen LogP contribution in [0.15, 0.2) is 59.5 Å². The molecule has 0 unspecified atom stereocenters. The molecular formula is C15H14ClNO2S2. The van der Waals surface area contributed by atoms with E-state index in [0.29, 0.717) is 16.5 Å². The van der Waals surface area contributed by atoms with Crippen molar-refractivity contribution in [2.24, 2.45) is 0 Å². The normalized spacial score (nSPS) is 19.8. The van der Waals surface area contributed by atoms with Crippen LogP contribution in [0.4, 0.5) is 0 Å². The first-order valence-electron chi connectivity index (χ1n) is 6.53. The van der Waals surface area contributed by atoms with Crippen molar-refractivity contribution in [3.05, 3.63) is 65.2 Å². The van der Waals surface area contributed by atoms with Gasteiger partial charge in [-0.2, -0.15) is 4.31 Å². The van der Waals surface area contributed by atoms with Crippen LogP contribution >= 0.6 is 23.4 Å². The fourth-order valence-corrected chi connectivity index (χ4v) is 5.94. The maximum atomic E-state index is 12.8. The first kappa shape index (κ1) is 14.9. The van der Waals surface area contributed by atoms with Crippen LogP contribution in [-0.4, -0.2) is 25.0 Å². The van der Waals surface area contributed by atoms with Gasteiger partial charge in [-0.05, 0) is 23.8 Å². The number of rotatable bonds is 3. The van der Waals surface area contributed by atoms with Gasteiger partial charge in [0.1, 0.15) is 0 Å². The molecular weight excluding hydrogens is 326 g/mol. The monoisotopic (exact) mass is 339 g/mol. The quantitative estimate of drug-likeness (QED) is 0.854. The molecule has 2 aromatic rings. The van der Waals surface area contributed by atoms with Crippen LogP contribution in [0, 0.1) is 0 Å². The highest BCUT2D eigenvalue weighted by Gasteiger charge is 2.37. The average Bonchev–Trinajstić information content (AvgIpc) is 2.99. The zero-order chi connectivity index (χ0) is 14.9. The van der Waals surface area contributed by atoms with Gasteiger partial charge in [0, 0.05) is 17.3 Å². The second-order valence-electron chi connectivity index (χ2n) is 4.67. The van der Waals surface area contributed by atoms with Crippen molar-refractivity contribution < 1.29 is 8.42 Å². The maximum absolute atomic E-state index is 12.8. The summed E-state index contributed by atoms with van der Waals surface area (Å²) >= 11 is 7.83. The third-order valence-electron chi connectivity index (χ3n) is 3.37. The molecule has 0 aromatic heterocycles. The van der Waals surface area contributed by atoms with Gasteiger partial charge >= 0.3 is 0 Å². The average molecular weight is 340 g/mol. The lowest BCUT2D eigenvalue weighted by Crippen LogP contribution is -2.30. The molecule has 1 fully saturated rings. The van der Waals surface area contributed by atoms with Crippen molar-refractivity contribution in [3.63, 3.8) is 0 Å². The Bertz CT molecular complexity index is 734. The summed E-state index contributed by atoms with van der Waals surface area (Å²) in [6.45, 7) is 0.498. The highest BCUT2D eigenvalue weighted by atomic mass is 35.5. The molecule has 110 valence electrons. The van der Waals surface area contributed by atoms with Gasteiger partial charge in [0.05, 0.1) is 10.3 Å². The molecule has 1 saturated heterocycles. The zero-order valence-electron chi connectivity index (χ0n) is 11.1. The van der Waals surface area contributed by atoms with Gasteiger partial charge in [-0.1, -0.05) is 48.0 Å². The second-order valence-corrected chi connectivity index (χ2v) is 8.16. The topological polar surface area (TPSA) is 37.4 Å². The van der Waals surface area contributed by atoms with Crippen molar-refractivity contribution in [3.8, 4) is 0 Å². The third-order valence-corrected chi connectivity index (χ3v) is 6.97. The van der Waals surface area contributed by atoms with Crippen LogP contribution in [0.2, 0.25) is 5.02 Å². The predicted molar refractivity (Wildman–Crippen MR) is 87.0 cm³/mol. The van der Waals surface area contributed by atoms with Crippen molar-refractivity contribution in [2.75, 3.05) is 12.3 Å². The summed E-state index contributed by atoms with van der Waals surface area (Å²) in [5.74, 6) is 0.766. The molecule has 3 nitrogen and oxygen atoms in total. The Labute approximate surface area is 134 Å². The summed E-state index contributed by atoms with van der Waals surface area (Å²) in [4.78, 5) is 0.324. The number of halogens is 1. The molecule has 0 bridgehead atoms. The number of thioether (sulfide) groups is 1. The number of hydrogen-bond acceptors (Lipinski definition) is 3. The van der Waals surface area contributed by atoms with E-state index in [1.165, 1.54) is 4.31 Å². The summed E-state index contributed by atoms with van der Waals surface area (Å²) in [5.41, 5.74) is 0.848. The molecule has 0 aliphatic carbocycles. The Hall–Kier alpha value is -1.01. The van der Waals surface area contributed by atoms with Crippen LogP contribution < -0.4 is 0 Å². The minimum absolute atomic E-state index is 0.260. The fraction of sp³-hybridized carbons (Fsp3) is 0.200. The molecule has 0 N–H and O–H groups in total. The summed E-state index contributed by atoms with van der Waals surface area (Å²) in [7, 11) is -3.50. The molecule has 1 aliphatic heterocycles. The van der Waals surface area contributed by atoms with Gasteiger partial charge in [-0.15, -0.1) is 11.8 Å². The van der Waals surface area contributed by atoms with Gasteiger partial charge in [-0.25, -0.2) is 8.42 Å². The molecule has 3 rings (SSSR count). The van der Waals surface area contributed by atoms with Crippen molar-refractivity contribution in [2.45, 2.75) is 10.3 Å². The zero-order valence-corrected chi connectivity index (χ0v) is 13.5. The molecule has 1 aliphatic rings. The Kier molecular flexibility index (Phi) is 4.26. The highest BCUT2D eigenvalue weighted by molar-refractivity contribution is 8.01. The van der Waals surface area contributed by atoms with Crippen molar-refractivity contribution in [1.82, 2.24) is 4.31 Å². The lowest BCUT2D eigenvalue weighted by atomic mass is 10.2. The van der Waals surface area contributed by atoms with Gasteiger partial charge in [0.2, 0.25) is 10.0 Å². The van der Waals surface area contributed by atoms with E-state index < -0.39 is 10.0 Å². The predicted octanol–water partition coefficient (Wildman–Crippen LogP) is 3.78. The smallest absolute Gasteiger partial charge is 0.207 e. The molecule has 0 amide bonds. The lowest BCUT2D eigenvalue weighted by Gasteiger charge is -2.24. The van der Waals surface area contributed by atoms with E-state index in [-0.39, 0.29) is 5.37 Å². The van der Waals surface area contributed by atoms with Gasteiger partial charge < -0.3 is 0 Å². The van der Waals surface area contributed by atoms with Crippen LogP contribution in [-0.2, 0) is 10.0 Å². The maximum Gasteiger partial charge on any atom is 0.244 e. The number of sulfonamides is 1. The molecule has 2 aromatic carbocycles. The Morgan fingerprint density at radius 2 is 1.71 bits per heavy atom. The Balaban J connectivity index is 2.00. The van der Waals surface area contributed by atoms with Gasteiger partial charge in [0.15, 0.2) is 0 Å². The summed E-state index contributed by atoms with van der Waals surface area (Å²) in [6.07, 6.45) is 0. The largest absolute Gasteiger partial charge is 0.244 e. The van der Waals surface area contributed by atoms with Crippen LogP contribution in [0.5, 0.6) is 0 Å². The Morgan fingerprint density at radius 3 is 2.43 bits per heavy atom. The summed E-state index contributed by atoms with van der Waals surface area (Å²) in [6, 6.07) is 15.9. The van der Waals surface area contributed by atoms with Crippen molar-refractivity contribution >= 4 is 33.4 Å². The Morgan fingerprint density at radius 1 is 1.05 bits per heavy atom. The van der Waals surface area contributed by atoms with Crippen LogP contribution in [0.1, 0.15) is 10.9 Å². The molecule has 0 radical (unpaired) electrons. The van der Waals surface area contributed by atoms with E-state index in [4.69, 9.17) is 11.6 Å². The fourth-order valence-electron chi connectivity index (χ4n) is 2.35. The number of benzene rings is 2.